The van der Waals surface area contributed by atoms with Gasteiger partial charge in [0.25, 0.3) is 0 Å². The second kappa shape index (κ2) is 6.63. The summed E-state index contributed by atoms with van der Waals surface area (Å²) < 4.78 is 5.61. The van der Waals surface area contributed by atoms with Gasteiger partial charge >= 0.3 is 5.97 Å². The number of nitrogens with zero attached hydrogens (tertiary/aromatic N) is 2. The van der Waals surface area contributed by atoms with E-state index < -0.39 is 5.97 Å². The van der Waals surface area contributed by atoms with Crippen molar-refractivity contribution in [1.29, 1.82) is 0 Å². The van der Waals surface area contributed by atoms with Crippen molar-refractivity contribution in [3.8, 4) is 0 Å². The highest BCUT2D eigenvalue weighted by molar-refractivity contribution is 5.88. The molecule has 1 saturated heterocycles. The Labute approximate surface area is 113 Å². The van der Waals surface area contributed by atoms with Crippen LogP contribution in [0.25, 0.3) is 0 Å². The number of ether oxygens (including phenoxy) is 1. The molecule has 2 rings (SSSR count). The second-order valence-corrected chi connectivity index (χ2v) is 4.73. The minimum atomic E-state index is -0.910. The molecule has 2 heterocycles. The minimum Gasteiger partial charge on any atom is -0.478 e. The highest BCUT2D eigenvalue weighted by Crippen LogP contribution is 2.17. The van der Waals surface area contributed by atoms with E-state index in [4.69, 9.17) is 9.84 Å². The summed E-state index contributed by atoms with van der Waals surface area (Å²) in [4.78, 5) is 17.6. The van der Waals surface area contributed by atoms with E-state index in [1.165, 1.54) is 0 Å². The molecular weight excluding hydrogens is 244 g/mol. The molecule has 1 fully saturated rings. The number of aromatic nitrogens is 1. The average molecular weight is 264 g/mol. The fourth-order valence-electron chi connectivity index (χ4n) is 2.44. The first-order valence-corrected chi connectivity index (χ1v) is 6.72. The third-order valence-electron chi connectivity index (χ3n) is 3.43. The van der Waals surface area contributed by atoms with E-state index in [2.05, 4.69) is 9.88 Å². The molecule has 0 unspecified atom stereocenters. The predicted octanol–water partition coefficient (Wildman–Crippen LogP) is 1.78. The summed E-state index contributed by atoms with van der Waals surface area (Å²) in [5.41, 5.74) is 0.944. The van der Waals surface area contributed by atoms with Crippen LogP contribution in [0.15, 0.2) is 18.3 Å². The number of carboxylic acids is 1. The number of carboxylic acid groups (broad SMARTS) is 1. The maximum Gasteiger partial charge on any atom is 0.337 e. The molecule has 0 atom stereocenters. The minimum absolute atomic E-state index is 0.300. The molecule has 1 aromatic heterocycles. The Bertz CT molecular complexity index is 428. The summed E-state index contributed by atoms with van der Waals surface area (Å²) in [6.45, 7) is 5.23. The van der Waals surface area contributed by atoms with E-state index >= 15 is 0 Å². The number of rotatable bonds is 5. The third-order valence-corrected chi connectivity index (χ3v) is 3.43. The Hall–Kier alpha value is -1.46. The molecule has 1 N–H and O–H groups in total. The first-order chi connectivity index (χ1) is 9.20. The molecule has 0 aliphatic carbocycles. The lowest BCUT2D eigenvalue weighted by Gasteiger charge is -2.31. The topological polar surface area (TPSA) is 62.7 Å². The first kappa shape index (κ1) is 14.0. The van der Waals surface area contributed by atoms with Crippen LogP contribution in [-0.2, 0) is 11.3 Å². The standard InChI is InChI=1S/C14H20N2O3/c1-2-19-11-5-8-16(9-6-11)10-13-12(14(17)18)4-3-7-15-13/h3-4,7,11H,2,5-6,8-10H2,1H3,(H,17,18). The van der Waals surface area contributed by atoms with Gasteiger partial charge < -0.3 is 9.84 Å². The van der Waals surface area contributed by atoms with Crippen LogP contribution in [0, 0.1) is 0 Å². The number of pyridine rings is 1. The van der Waals surface area contributed by atoms with Crippen molar-refractivity contribution in [2.75, 3.05) is 19.7 Å². The van der Waals surface area contributed by atoms with Gasteiger partial charge in [-0.1, -0.05) is 0 Å². The van der Waals surface area contributed by atoms with Crippen LogP contribution in [0.5, 0.6) is 0 Å². The molecule has 19 heavy (non-hydrogen) atoms. The number of aromatic carboxylic acids is 1. The summed E-state index contributed by atoms with van der Waals surface area (Å²) in [5.74, 6) is -0.910. The fourth-order valence-corrected chi connectivity index (χ4v) is 2.44. The second-order valence-electron chi connectivity index (χ2n) is 4.73. The Morgan fingerprint density at radius 2 is 2.26 bits per heavy atom. The lowest BCUT2D eigenvalue weighted by molar-refractivity contribution is 0.0121. The van der Waals surface area contributed by atoms with E-state index in [9.17, 15) is 4.79 Å². The van der Waals surface area contributed by atoms with Gasteiger partial charge in [-0.25, -0.2) is 4.79 Å². The van der Waals surface area contributed by atoms with E-state index in [1.54, 1.807) is 18.3 Å². The maximum absolute atomic E-state index is 11.1. The van der Waals surface area contributed by atoms with Gasteiger partial charge in [0.15, 0.2) is 0 Å². The summed E-state index contributed by atoms with van der Waals surface area (Å²) in [6.07, 6.45) is 4.00. The molecule has 0 bridgehead atoms. The van der Waals surface area contributed by atoms with Gasteiger partial charge in [0.05, 0.1) is 17.4 Å². The third kappa shape index (κ3) is 3.75. The van der Waals surface area contributed by atoms with Crippen LogP contribution in [0.1, 0.15) is 35.8 Å². The summed E-state index contributed by atoms with van der Waals surface area (Å²) in [5, 5.41) is 9.13. The van der Waals surface area contributed by atoms with Gasteiger partial charge in [0, 0.05) is 32.4 Å². The smallest absolute Gasteiger partial charge is 0.337 e. The SMILES string of the molecule is CCOC1CCN(Cc2ncccc2C(=O)O)CC1. The van der Waals surface area contributed by atoms with Crippen molar-refractivity contribution in [2.24, 2.45) is 0 Å². The predicted molar refractivity (Wildman–Crippen MR) is 71.1 cm³/mol. The molecule has 1 aliphatic heterocycles. The lowest BCUT2D eigenvalue weighted by atomic mass is 10.1. The Kier molecular flexibility index (Phi) is 4.87. The molecular formula is C14H20N2O3. The number of carbonyl (C=O) groups is 1. The number of hydrogen-bond donors (Lipinski definition) is 1. The van der Waals surface area contributed by atoms with Crippen molar-refractivity contribution >= 4 is 5.97 Å². The van der Waals surface area contributed by atoms with Crippen LogP contribution in [-0.4, -0.2) is 46.8 Å². The van der Waals surface area contributed by atoms with Crippen molar-refractivity contribution in [1.82, 2.24) is 9.88 Å². The van der Waals surface area contributed by atoms with Gasteiger partial charge in [0.2, 0.25) is 0 Å². The largest absolute Gasteiger partial charge is 0.478 e. The van der Waals surface area contributed by atoms with Gasteiger partial charge in [-0.3, -0.25) is 9.88 Å². The molecule has 0 aromatic carbocycles. The van der Waals surface area contributed by atoms with Gasteiger partial charge in [-0.15, -0.1) is 0 Å². The lowest BCUT2D eigenvalue weighted by Crippen LogP contribution is -2.37. The first-order valence-electron chi connectivity index (χ1n) is 6.72. The van der Waals surface area contributed by atoms with Gasteiger partial charge in [0.1, 0.15) is 0 Å². The van der Waals surface area contributed by atoms with Gasteiger partial charge in [-0.05, 0) is 31.9 Å². The van der Waals surface area contributed by atoms with Crippen molar-refractivity contribution in [3.05, 3.63) is 29.6 Å². The number of hydrogen-bond acceptors (Lipinski definition) is 4. The van der Waals surface area contributed by atoms with E-state index in [0.717, 1.165) is 32.5 Å². The zero-order valence-corrected chi connectivity index (χ0v) is 11.2. The maximum atomic E-state index is 11.1. The molecule has 5 nitrogen and oxygen atoms in total. The molecule has 1 aliphatic rings. The molecule has 104 valence electrons. The molecule has 0 amide bonds. The van der Waals surface area contributed by atoms with Crippen LogP contribution in [0.4, 0.5) is 0 Å². The quantitative estimate of drug-likeness (QED) is 0.878. The Morgan fingerprint density at radius 1 is 1.53 bits per heavy atom. The van der Waals surface area contributed by atoms with E-state index in [1.807, 2.05) is 6.92 Å². The zero-order chi connectivity index (χ0) is 13.7. The van der Waals surface area contributed by atoms with Crippen LogP contribution in [0.2, 0.25) is 0 Å². The fraction of sp³-hybridized carbons (Fsp3) is 0.571. The summed E-state index contributed by atoms with van der Waals surface area (Å²) in [6, 6.07) is 3.27. The molecule has 0 radical (unpaired) electrons. The highest BCUT2D eigenvalue weighted by atomic mass is 16.5. The van der Waals surface area contributed by atoms with Crippen LogP contribution < -0.4 is 0 Å². The molecule has 0 saturated carbocycles. The normalized spacial score (nSPS) is 17.5. The average Bonchev–Trinajstić information content (AvgIpc) is 2.42. The Balaban J connectivity index is 1.94. The van der Waals surface area contributed by atoms with Crippen LogP contribution >= 0.6 is 0 Å². The highest BCUT2D eigenvalue weighted by Gasteiger charge is 2.21. The molecule has 0 spiro atoms. The molecule has 1 aromatic rings. The van der Waals surface area contributed by atoms with Crippen molar-refractivity contribution in [2.45, 2.75) is 32.4 Å². The Morgan fingerprint density at radius 3 is 2.89 bits per heavy atom. The molecule has 5 heteroatoms. The number of piperidine rings is 1. The van der Waals surface area contributed by atoms with Crippen LogP contribution in [0.3, 0.4) is 0 Å². The monoisotopic (exact) mass is 264 g/mol. The summed E-state index contributed by atoms with van der Waals surface area (Å²) >= 11 is 0. The van der Waals surface area contributed by atoms with E-state index in [0.29, 0.717) is 23.9 Å². The number of likely N-dealkylation sites (tertiary alicyclic amines) is 1. The zero-order valence-electron chi connectivity index (χ0n) is 11.2. The van der Waals surface area contributed by atoms with Crippen molar-refractivity contribution in [3.63, 3.8) is 0 Å². The summed E-state index contributed by atoms with van der Waals surface area (Å²) in [7, 11) is 0. The van der Waals surface area contributed by atoms with E-state index in [-0.39, 0.29) is 0 Å². The van der Waals surface area contributed by atoms with Gasteiger partial charge in [-0.2, -0.15) is 0 Å². The van der Waals surface area contributed by atoms with Crippen molar-refractivity contribution < 1.29 is 14.6 Å².